The van der Waals surface area contributed by atoms with E-state index in [0.717, 1.165) is 38.5 Å². The Kier molecular flexibility index (Phi) is 4.42. The number of allylic oxidation sites excluding steroid dienone is 3. The summed E-state index contributed by atoms with van der Waals surface area (Å²) in [6.07, 6.45) is 13.2. The van der Waals surface area contributed by atoms with E-state index < -0.39 is 19.6 Å². The first-order valence-corrected chi connectivity index (χ1v) is 12.5. The maximum Gasteiger partial charge on any atom is 0.302 e. The van der Waals surface area contributed by atoms with Crippen molar-refractivity contribution in [2.24, 2.45) is 40.4 Å². The number of carbonyl (C=O) groups is 1. The Morgan fingerprint density at radius 1 is 1.23 bits per heavy atom. The Morgan fingerprint density at radius 3 is 2.77 bits per heavy atom. The van der Waals surface area contributed by atoms with Crippen molar-refractivity contribution in [2.45, 2.75) is 112 Å². The van der Waals surface area contributed by atoms with E-state index >= 15 is 0 Å². The molecule has 0 N–H and O–H groups in total. The van der Waals surface area contributed by atoms with Crippen LogP contribution in [-0.4, -0.2) is 12.1 Å². The highest BCUT2D eigenvalue weighted by molar-refractivity contribution is 5.66. The zero-order valence-corrected chi connectivity index (χ0v) is 19.9. The Hall–Kier alpha value is -1.05. The molecule has 0 aliphatic heterocycles. The van der Waals surface area contributed by atoms with Gasteiger partial charge in [0.25, 0.3) is 0 Å². The van der Waals surface area contributed by atoms with Crippen LogP contribution in [0.3, 0.4) is 0 Å². The third-order valence-corrected chi connectivity index (χ3v) is 9.80. The molecule has 0 radical (unpaired) electrons. The molecule has 0 amide bonds. The summed E-state index contributed by atoms with van der Waals surface area (Å²) in [5.74, 6) is -0.288. The van der Waals surface area contributed by atoms with Gasteiger partial charge in [-0.05, 0) is 105 Å². The first-order chi connectivity index (χ1) is 17.4. The molecule has 7 atom stereocenters. The normalized spacial score (nSPS) is 47.0. The summed E-state index contributed by atoms with van der Waals surface area (Å²) in [6.45, 7) is 2.80. The second kappa shape index (κ2) is 8.71. The largest absolute Gasteiger partial charge is 0.462 e. The fourth-order valence-corrected chi connectivity index (χ4v) is 8.30. The smallest absolute Gasteiger partial charge is 0.302 e. The van der Waals surface area contributed by atoms with Gasteiger partial charge in [-0.3, -0.25) is 4.79 Å². The van der Waals surface area contributed by atoms with Gasteiger partial charge in [-0.1, -0.05) is 50.8 Å². The molecule has 3 saturated carbocycles. The fourth-order valence-electron chi connectivity index (χ4n) is 8.30. The monoisotopic (exact) mass is 433 g/mol. The lowest BCUT2D eigenvalue weighted by Crippen LogP contribution is -2.50. The molecule has 0 aromatic rings. The highest BCUT2D eigenvalue weighted by Gasteiger charge is 2.58. The molecular formula is C29H46O2. The van der Waals surface area contributed by atoms with E-state index in [1.165, 1.54) is 30.9 Å². The molecule has 4 aliphatic rings. The molecule has 0 unspecified atom stereocenters. The average molecular weight is 434 g/mol. The predicted octanol–water partition coefficient (Wildman–Crippen LogP) is 7.88. The first-order valence-electron chi connectivity index (χ1n) is 16.0. The molecule has 0 aromatic carbocycles. The fraction of sp³-hybridized carbons (Fsp3) is 0.828. The van der Waals surface area contributed by atoms with Gasteiger partial charge in [-0.15, -0.1) is 0 Å². The quantitative estimate of drug-likeness (QED) is 0.325. The lowest BCUT2D eigenvalue weighted by atomic mass is 9.47. The molecule has 2 nitrogen and oxygen atoms in total. The van der Waals surface area contributed by atoms with Gasteiger partial charge < -0.3 is 4.74 Å². The number of hydrogen-bond donors (Lipinski definition) is 0. The van der Waals surface area contributed by atoms with Crippen molar-refractivity contribution in [3.05, 3.63) is 23.3 Å². The molecular weight excluding hydrogens is 380 g/mol. The Balaban J connectivity index is 1.48. The van der Waals surface area contributed by atoms with E-state index in [4.69, 9.17) is 14.3 Å². The molecule has 0 bridgehead atoms. The summed E-state index contributed by atoms with van der Waals surface area (Å²) in [5, 5.41) is 0. The van der Waals surface area contributed by atoms with Crippen molar-refractivity contribution in [1.82, 2.24) is 0 Å². The Labute approximate surface area is 201 Å². The molecule has 174 valence electrons. The number of fused-ring (bicyclic) bond motifs is 5. The highest BCUT2D eigenvalue weighted by Crippen LogP contribution is 2.67. The van der Waals surface area contributed by atoms with Crippen LogP contribution < -0.4 is 0 Å². The summed E-state index contributed by atoms with van der Waals surface area (Å²) in [5.41, 5.74) is 3.09. The van der Waals surface area contributed by atoms with Gasteiger partial charge in [-0.2, -0.15) is 0 Å². The van der Waals surface area contributed by atoms with Crippen molar-refractivity contribution in [1.29, 1.82) is 0 Å². The van der Waals surface area contributed by atoms with E-state index in [1.54, 1.807) is 0 Å². The van der Waals surface area contributed by atoms with Crippen LogP contribution in [0, 0.1) is 40.4 Å². The van der Waals surface area contributed by atoms with Crippen LogP contribution in [0.2, 0.25) is 0 Å². The third-order valence-electron chi connectivity index (χ3n) is 9.80. The van der Waals surface area contributed by atoms with E-state index in [9.17, 15) is 4.79 Å². The summed E-state index contributed by atoms with van der Waals surface area (Å²) < 4.78 is 60.0. The molecule has 0 saturated heterocycles. The molecule has 0 aromatic heterocycles. The molecule has 2 heteroatoms. The van der Waals surface area contributed by atoms with Crippen molar-refractivity contribution in [2.75, 3.05) is 0 Å². The third kappa shape index (κ3) is 4.18. The predicted molar refractivity (Wildman–Crippen MR) is 129 cm³/mol. The first kappa shape index (κ1) is 15.7. The zero-order chi connectivity index (χ0) is 28.3. The zero-order valence-electron chi connectivity index (χ0n) is 26.9. The molecule has 3 fully saturated rings. The van der Waals surface area contributed by atoms with Gasteiger partial charge in [0, 0.05) is 22.9 Å². The lowest BCUT2D eigenvalue weighted by Gasteiger charge is -2.58. The molecule has 4 aliphatic carbocycles. The summed E-state index contributed by atoms with van der Waals surface area (Å²) in [4.78, 5) is 11.5. The minimum Gasteiger partial charge on any atom is -0.462 e. The second-order valence-corrected chi connectivity index (χ2v) is 11.4. The number of ether oxygens (including phenoxy) is 1. The Morgan fingerprint density at radius 2 is 2.03 bits per heavy atom. The van der Waals surface area contributed by atoms with Crippen molar-refractivity contribution < 1.29 is 19.1 Å². The van der Waals surface area contributed by atoms with Crippen LogP contribution in [-0.2, 0) is 9.53 Å². The van der Waals surface area contributed by atoms with Crippen LogP contribution >= 0.6 is 0 Å². The van der Waals surface area contributed by atoms with Gasteiger partial charge in [-0.25, -0.2) is 0 Å². The number of carbonyl (C=O) groups excluding carboxylic acids is 1. The van der Waals surface area contributed by atoms with Crippen LogP contribution in [0.25, 0.3) is 0 Å². The minimum absolute atomic E-state index is 0.0129. The number of esters is 1. The maximum atomic E-state index is 11.5. The van der Waals surface area contributed by atoms with E-state index in [2.05, 4.69) is 26.8 Å². The molecule has 0 heterocycles. The van der Waals surface area contributed by atoms with Crippen LogP contribution in [0.5, 0.6) is 0 Å². The van der Waals surface area contributed by atoms with Crippen molar-refractivity contribution in [3.63, 3.8) is 0 Å². The lowest BCUT2D eigenvalue weighted by molar-refractivity contribution is -0.148. The maximum absolute atomic E-state index is 11.5. The van der Waals surface area contributed by atoms with Gasteiger partial charge in [0.05, 0.1) is 0 Å². The van der Waals surface area contributed by atoms with Gasteiger partial charge >= 0.3 is 5.97 Å². The van der Waals surface area contributed by atoms with Crippen molar-refractivity contribution in [3.8, 4) is 0 Å². The SMILES string of the molecule is [2H]C([2H])([2H])C([2H])(CC/C=C(/C)[C@H]1CC[C@H]2[C@@H]3CC=C4C[C@@H](OC(C)=O)CC[C@]4(C)[C@H]3CC[C@]12C)C([2H])([2H])[2H]. The highest BCUT2D eigenvalue weighted by atomic mass is 16.5. The van der Waals surface area contributed by atoms with Crippen LogP contribution in [0.1, 0.15) is 115 Å². The van der Waals surface area contributed by atoms with E-state index in [1.807, 2.05) is 6.08 Å². The summed E-state index contributed by atoms with van der Waals surface area (Å²) in [7, 11) is 0. The number of rotatable bonds is 5. The van der Waals surface area contributed by atoms with E-state index in [-0.39, 0.29) is 29.3 Å². The minimum atomic E-state index is -2.86. The summed E-state index contributed by atoms with van der Waals surface area (Å²) >= 11 is 0. The molecule has 4 rings (SSSR count). The molecule has 0 spiro atoms. The van der Waals surface area contributed by atoms with E-state index in [0.29, 0.717) is 30.1 Å². The average Bonchev–Trinajstić information content (AvgIpc) is 3.14. The van der Waals surface area contributed by atoms with Crippen LogP contribution in [0.15, 0.2) is 23.3 Å². The second-order valence-electron chi connectivity index (χ2n) is 11.4. The summed E-state index contributed by atoms with van der Waals surface area (Å²) in [6, 6.07) is 0. The standard InChI is InChI=1S/C29H46O2/c1-19(2)8-7-9-20(3)25-12-13-26-24-11-10-22-18-23(31-21(4)30)14-16-28(22,5)27(24)15-17-29(25,26)6/h9-10,19,23-27H,7-8,11-18H2,1-6H3/b20-9-/t23-,24-,25+,26-,27-,28-,29+/m0/s1/i1D3,2D3,19D. The Bertz CT molecular complexity index is 966. The van der Waals surface area contributed by atoms with Gasteiger partial charge in [0.15, 0.2) is 0 Å². The molecule has 31 heavy (non-hydrogen) atoms. The van der Waals surface area contributed by atoms with Crippen molar-refractivity contribution >= 4 is 5.97 Å². The van der Waals surface area contributed by atoms with Gasteiger partial charge in [0.1, 0.15) is 6.10 Å². The van der Waals surface area contributed by atoms with Crippen LogP contribution in [0.4, 0.5) is 0 Å². The van der Waals surface area contributed by atoms with Gasteiger partial charge in [0.2, 0.25) is 0 Å². The number of hydrogen-bond acceptors (Lipinski definition) is 2. The topological polar surface area (TPSA) is 26.3 Å².